The smallest absolute Gasteiger partial charge is 0.412 e. The Bertz CT molecular complexity index is 1540. The van der Waals surface area contributed by atoms with Crippen LogP contribution in [0.2, 0.25) is 0 Å². The van der Waals surface area contributed by atoms with Crippen molar-refractivity contribution in [3.8, 4) is 5.75 Å². The second kappa shape index (κ2) is 15.8. The van der Waals surface area contributed by atoms with Gasteiger partial charge in [-0.05, 0) is 44.7 Å². The van der Waals surface area contributed by atoms with Crippen LogP contribution in [-0.4, -0.2) is 73.3 Å². The third-order valence-electron chi connectivity index (χ3n) is 7.76. The molecule has 0 spiro atoms. The third kappa shape index (κ3) is 8.21. The maximum Gasteiger partial charge on any atom is 0.412 e. The molecule has 11 heteroatoms. The van der Waals surface area contributed by atoms with Gasteiger partial charge >= 0.3 is 18.0 Å². The highest BCUT2D eigenvalue weighted by Crippen LogP contribution is 2.42. The zero-order valence-corrected chi connectivity index (χ0v) is 27.9. The lowest BCUT2D eigenvalue weighted by Gasteiger charge is -2.44. The van der Waals surface area contributed by atoms with Crippen LogP contribution in [0.15, 0.2) is 71.7 Å². The summed E-state index contributed by atoms with van der Waals surface area (Å²) in [7, 11) is 2.37. The van der Waals surface area contributed by atoms with Crippen molar-refractivity contribution in [2.45, 2.75) is 70.7 Å². The lowest BCUT2D eigenvalue weighted by molar-refractivity contribution is -0.121. The van der Waals surface area contributed by atoms with Crippen molar-refractivity contribution in [3.63, 3.8) is 0 Å². The van der Waals surface area contributed by atoms with Crippen LogP contribution in [0.4, 0.5) is 4.79 Å². The first-order valence-corrected chi connectivity index (χ1v) is 15.8. The molecule has 1 amide bonds. The molecule has 11 nitrogen and oxygen atoms in total. The lowest BCUT2D eigenvalue weighted by atomic mass is 9.83. The quantitative estimate of drug-likeness (QED) is 0.141. The first-order valence-electron chi connectivity index (χ1n) is 15.8. The number of nitrogens with zero attached hydrogens (tertiary/aromatic N) is 2. The average molecular weight is 649 g/mol. The Kier molecular flexibility index (Phi) is 11.8. The Morgan fingerprint density at radius 2 is 1.53 bits per heavy atom. The highest BCUT2D eigenvalue weighted by Gasteiger charge is 2.44. The van der Waals surface area contributed by atoms with Gasteiger partial charge in [0.05, 0.1) is 33.5 Å². The summed E-state index contributed by atoms with van der Waals surface area (Å²) in [6, 6.07) is 18.1. The number of hydrogen-bond donors (Lipinski definition) is 0. The van der Waals surface area contributed by atoms with Crippen LogP contribution in [0, 0.1) is 0 Å². The number of pyridine rings is 1. The van der Waals surface area contributed by atoms with E-state index in [1.807, 2.05) is 67.6 Å². The molecule has 1 fully saturated rings. The summed E-state index contributed by atoms with van der Waals surface area (Å²) in [5, 5.41) is 0. The molecule has 2 heterocycles. The fraction of sp³-hybridized carbons (Fsp3) is 0.444. The largest absolute Gasteiger partial charge is 0.487 e. The van der Waals surface area contributed by atoms with E-state index in [1.165, 1.54) is 29.9 Å². The monoisotopic (exact) mass is 648 g/mol. The zero-order valence-electron chi connectivity index (χ0n) is 27.9. The van der Waals surface area contributed by atoms with E-state index >= 15 is 0 Å². The summed E-state index contributed by atoms with van der Waals surface area (Å²) >= 11 is 0. The van der Waals surface area contributed by atoms with Crippen LogP contribution in [0.1, 0.15) is 90.9 Å². The van der Waals surface area contributed by atoms with Gasteiger partial charge < -0.3 is 28.3 Å². The Labute approximate surface area is 275 Å². The molecule has 1 aliphatic heterocycles. The third-order valence-corrected chi connectivity index (χ3v) is 7.76. The van der Waals surface area contributed by atoms with E-state index in [2.05, 4.69) is 0 Å². The molecule has 1 aromatic heterocycles. The topological polar surface area (TPSA) is 123 Å². The highest BCUT2D eigenvalue weighted by atomic mass is 16.6. The van der Waals surface area contributed by atoms with E-state index in [1.54, 1.807) is 20.8 Å². The molecule has 1 saturated heterocycles. The number of hydrogen-bond acceptors (Lipinski definition) is 9. The fourth-order valence-corrected chi connectivity index (χ4v) is 5.67. The summed E-state index contributed by atoms with van der Waals surface area (Å²) in [6.45, 7) is 7.99. The molecule has 1 aliphatic rings. The van der Waals surface area contributed by atoms with Gasteiger partial charge in [-0.15, -0.1) is 0 Å². The molecule has 0 saturated carbocycles. The van der Waals surface area contributed by atoms with Gasteiger partial charge in [-0.2, -0.15) is 0 Å². The average Bonchev–Trinajstić information content (AvgIpc) is 3.07. The molecule has 4 rings (SSSR count). The van der Waals surface area contributed by atoms with Crippen molar-refractivity contribution in [1.82, 2.24) is 9.47 Å². The molecule has 2 aromatic carbocycles. The minimum absolute atomic E-state index is 0.107. The summed E-state index contributed by atoms with van der Waals surface area (Å²) < 4.78 is 30.0. The van der Waals surface area contributed by atoms with E-state index in [4.69, 9.17) is 23.7 Å². The maximum absolute atomic E-state index is 13.8. The molecule has 2 atom stereocenters. The second-order valence-corrected chi connectivity index (χ2v) is 12.2. The summed E-state index contributed by atoms with van der Waals surface area (Å²) in [6.07, 6.45) is 1.51. The molecule has 0 N–H and O–H groups in total. The van der Waals surface area contributed by atoms with Crippen molar-refractivity contribution in [2.24, 2.45) is 0 Å². The lowest BCUT2D eigenvalue weighted by Crippen LogP contribution is -2.53. The number of benzene rings is 2. The zero-order chi connectivity index (χ0) is 34.1. The Morgan fingerprint density at radius 3 is 2.06 bits per heavy atom. The number of unbranched alkanes of at least 4 members (excludes halogenated alkanes) is 1. The minimum Gasteiger partial charge on any atom is -0.487 e. The van der Waals surface area contributed by atoms with Crippen molar-refractivity contribution in [2.75, 3.05) is 34.0 Å². The fourth-order valence-electron chi connectivity index (χ4n) is 5.67. The van der Waals surface area contributed by atoms with E-state index in [-0.39, 0.29) is 23.6 Å². The van der Waals surface area contributed by atoms with Crippen LogP contribution in [0.25, 0.3) is 0 Å². The van der Waals surface area contributed by atoms with Gasteiger partial charge in [0.2, 0.25) is 5.43 Å². The first-order chi connectivity index (χ1) is 22.5. The van der Waals surface area contributed by atoms with Gasteiger partial charge in [-0.1, -0.05) is 74.0 Å². The van der Waals surface area contributed by atoms with Crippen LogP contribution in [-0.2, 0) is 18.9 Å². The SMILES string of the molecule is CCCCOc1c(C(=O)OC)n([C@@H](C(c2ccccc2)c2ccccc2)C2OCCCN2C(=O)OC(C)(C)C)cc(C(=O)OC)c1=O. The van der Waals surface area contributed by atoms with E-state index in [0.29, 0.717) is 26.0 Å². The number of amides is 1. The number of methoxy groups -OCH3 is 2. The normalized spacial score (nSPS) is 15.6. The first kappa shape index (κ1) is 35.2. The maximum atomic E-state index is 13.8. The number of aromatic nitrogens is 1. The minimum atomic E-state index is -1.04. The van der Waals surface area contributed by atoms with Crippen LogP contribution < -0.4 is 10.2 Å². The molecular weight excluding hydrogens is 604 g/mol. The Morgan fingerprint density at radius 1 is 0.936 bits per heavy atom. The number of carbonyl (C=O) groups excluding carboxylic acids is 3. The van der Waals surface area contributed by atoms with Gasteiger partial charge in [0.1, 0.15) is 11.2 Å². The molecule has 3 aromatic rings. The van der Waals surface area contributed by atoms with Crippen LogP contribution in [0.5, 0.6) is 5.75 Å². The predicted molar refractivity (Wildman–Crippen MR) is 175 cm³/mol. The van der Waals surface area contributed by atoms with Gasteiger partial charge in [-0.25, -0.2) is 14.4 Å². The molecule has 0 bridgehead atoms. The molecule has 1 unspecified atom stereocenters. The number of ether oxygens (including phenoxy) is 5. The highest BCUT2D eigenvalue weighted by molar-refractivity contribution is 5.94. The van der Waals surface area contributed by atoms with Crippen LogP contribution >= 0.6 is 0 Å². The van der Waals surface area contributed by atoms with Crippen molar-refractivity contribution < 1.29 is 38.1 Å². The Hall–Kier alpha value is -4.64. The van der Waals surface area contributed by atoms with Crippen molar-refractivity contribution >= 4 is 18.0 Å². The Balaban J connectivity index is 2.13. The van der Waals surface area contributed by atoms with Crippen molar-refractivity contribution in [1.29, 1.82) is 0 Å². The number of rotatable bonds is 11. The molecule has 0 radical (unpaired) electrons. The van der Waals surface area contributed by atoms with E-state index in [9.17, 15) is 19.2 Å². The standard InChI is InChI=1S/C36H44N2O9/c1-7-8-21-45-31-29(34(41)44-6)38(23-26(30(31)39)33(40)43-5)28(32-37(20-15-22-46-32)35(42)47-36(2,3)4)27(24-16-11-9-12-17-24)25-18-13-10-14-19-25/h9-14,16-19,23,27-28,32H,7-8,15,20-22H2,1-6H3/t28-,32?/m0/s1. The van der Waals surface area contributed by atoms with Gasteiger partial charge in [0.15, 0.2) is 17.7 Å². The van der Waals surface area contributed by atoms with Gasteiger partial charge in [0.25, 0.3) is 0 Å². The summed E-state index contributed by atoms with van der Waals surface area (Å²) in [5.41, 5.74) is -0.542. The van der Waals surface area contributed by atoms with E-state index in [0.717, 1.165) is 17.5 Å². The molecule has 47 heavy (non-hydrogen) atoms. The van der Waals surface area contributed by atoms with Crippen LogP contribution in [0.3, 0.4) is 0 Å². The van der Waals surface area contributed by atoms with Gasteiger partial charge in [0, 0.05) is 18.7 Å². The summed E-state index contributed by atoms with van der Waals surface area (Å²) in [4.78, 5) is 56.0. The second-order valence-electron chi connectivity index (χ2n) is 12.2. The van der Waals surface area contributed by atoms with E-state index < -0.39 is 47.2 Å². The molecule has 0 aliphatic carbocycles. The summed E-state index contributed by atoms with van der Waals surface area (Å²) in [5.74, 6) is -2.72. The van der Waals surface area contributed by atoms with Gasteiger partial charge in [-0.3, -0.25) is 9.69 Å². The molecular formula is C36H44N2O9. The number of carbonyl (C=O) groups is 3. The van der Waals surface area contributed by atoms with Crippen molar-refractivity contribution in [3.05, 3.63) is 99.5 Å². The predicted octanol–water partition coefficient (Wildman–Crippen LogP) is 5.96. The molecule has 252 valence electrons. The number of esters is 2.